The number of fused-ring (bicyclic) bond motifs is 1. The van der Waals surface area contributed by atoms with Crippen LogP contribution < -0.4 is 16.6 Å². The second-order valence-corrected chi connectivity index (χ2v) is 10.2. The Hall–Kier alpha value is -3.04. The first-order chi connectivity index (χ1) is 15.9. The minimum atomic E-state index is -0.521. The monoisotopic (exact) mass is 480 g/mol. The minimum absolute atomic E-state index is 0.0322. The van der Waals surface area contributed by atoms with Crippen LogP contribution in [0.2, 0.25) is 0 Å². The zero-order chi connectivity index (χ0) is 23.4. The van der Waals surface area contributed by atoms with Crippen LogP contribution in [0.15, 0.2) is 69.4 Å². The summed E-state index contributed by atoms with van der Waals surface area (Å²) in [7, 11) is 0. The van der Waals surface area contributed by atoms with Crippen molar-refractivity contribution in [1.82, 2.24) is 9.55 Å². The highest BCUT2D eigenvalue weighted by molar-refractivity contribution is 8.00. The highest BCUT2D eigenvalue weighted by atomic mass is 32.2. The number of rotatable bonds is 8. The number of nitrogens with zero attached hydrogens (tertiary/aromatic N) is 2. The molecule has 0 fully saturated rings. The van der Waals surface area contributed by atoms with E-state index in [2.05, 4.69) is 12.2 Å². The van der Waals surface area contributed by atoms with Gasteiger partial charge in [-0.2, -0.15) is 0 Å². The van der Waals surface area contributed by atoms with E-state index in [9.17, 15) is 14.4 Å². The molecule has 7 nitrogen and oxygen atoms in total. The number of thioether (sulfide) groups is 2. The molecule has 0 spiro atoms. The molecule has 0 radical (unpaired) electrons. The van der Waals surface area contributed by atoms with Crippen molar-refractivity contribution in [2.24, 2.45) is 5.73 Å². The molecule has 1 aliphatic rings. The van der Waals surface area contributed by atoms with E-state index < -0.39 is 5.91 Å². The van der Waals surface area contributed by atoms with Crippen LogP contribution >= 0.6 is 23.5 Å². The van der Waals surface area contributed by atoms with Crippen LogP contribution in [-0.2, 0) is 24.2 Å². The van der Waals surface area contributed by atoms with Gasteiger partial charge in [-0.25, -0.2) is 4.98 Å². The van der Waals surface area contributed by atoms with Gasteiger partial charge in [0.1, 0.15) is 0 Å². The predicted molar refractivity (Wildman–Crippen MR) is 132 cm³/mol. The first-order valence-corrected chi connectivity index (χ1v) is 12.4. The lowest BCUT2D eigenvalue weighted by molar-refractivity contribution is -0.113. The molecule has 2 heterocycles. The van der Waals surface area contributed by atoms with E-state index in [1.807, 2.05) is 30.3 Å². The van der Waals surface area contributed by atoms with E-state index in [4.69, 9.17) is 10.7 Å². The van der Waals surface area contributed by atoms with Crippen LogP contribution in [-0.4, -0.2) is 32.4 Å². The average molecular weight is 481 g/mol. The summed E-state index contributed by atoms with van der Waals surface area (Å²) in [4.78, 5) is 42.4. The first-order valence-electron chi connectivity index (χ1n) is 10.6. The molecule has 0 saturated carbocycles. The summed E-state index contributed by atoms with van der Waals surface area (Å²) in [6.45, 7) is 2.58. The van der Waals surface area contributed by atoms with Gasteiger partial charge in [-0.05, 0) is 36.2 Å². The van der Waals surface area contributed by atoms with E-state index in [0.717, 1.165) is 22.6 Å². The van der Waals surface area contributed by atoms with Crippen molar-refractivity contribution in [1.29, 1.82) is 0 Å². The number of nitrogens with one attached hydrogen (secondary N) is 1. The van der Waals surface area contributed by atoms with Gasteiger partial charge >= 0.3 is 0 Å². The molecule has 170 valence electrons. The Kier molecular flexibility index (Phi) is 7.20. The molecule has 1 aromatic heterocycles. The lowest BCUT2D eigenvalue weighted by atomic mass is 10.1. The zero-order valence-corrected chi connectivity index (χ0v) is 19.7. The summed E-state index contributed by atoms with van der Waals surface area (Å²) in [6, 6.07) is 16.4. The Morgan fingerprint density at radius 1 is 1.18 bits per heavy atom. The van der Waals surface area contributed by atoms with Crippen molar-refractivity contribution in [2.75, 3.05) is 11.1 Å². The van der Waals surface area contributed by atoms with Gasteiger partial charge in [0, 0.05) is 29.5 Å². The molecule has 9 heteroatoms. The third kappa shape index (κ3) is 5.66. The smallest absolute Gasteiger partial charge is 0.268 e. The number of aryl methyl sites for hydroxylation is 1. The summed E-state index contributed by atoms with van der Waals surface area (Å²) >= 11 is 2.83. The maximum absolute atomic E-state index is 13.2. The number of primary amides is 1. The second kappa shape index (κ2) is 10.3. The number of anilines is 1. The van der Waals surface area contributed by atoms with Crippen molar-refractivity contribution < 1.29 is 9.59 Å². The molecule has 1 atom stereocenters. The molecule has 3 aromatic rings. The third-order valence-electron chi connectivity index (χ3n) is 5.22. The molecule has 0 aliphatic carbocycles. The maximum atomic E-state index is 13.2. The molecule has 2 aromatic carbocycles. The lowest BCUT2D eigenvalue weighted by Crippen LogP contribution is -2.27. The van der Waals surface area contributed by atoms with Crippen LogP contribution in [0.4, 0.5) is 5.69 Å². The van der Waals surface area contributed by atoms with E-state index in [-0.39, 0.29) is 17.2 Å². The van der Waals surface area contributed by atoms with Crippen LogP contribution in [0.5, 0.6) is 0 Å². The third-order valence-corrected chi connectivity index (χ3v) is 7.41. The standard InChI is InChI=1S/C24H24N4O3S2/c1-15-13-19-21(33-15)23(31)28(12-11-16-5-3-2-4-6-16)24(27-19)32-14-20(29)26-18-9-7-17(8-10-18)22(25)30/h2-10,15H,11-14H2,1H3,(H2,25,30)(H,26,29). The zero-order valence-electron chi connectivity index (χ0n) is 18.1. The molecule has 1 aliphatic heterocycles. The SMILES string of the molecule is CC1Cc2nc(SCC(=O)Nc3ccc(C(N)=O)cc3)n(CCc3ccccc3)c(=O)c2S1. The second-order valence-electron chi connectivity index (χ2n) is 7.77. The van der Waals surface area contributed by atoms with Crippen molar-refractivity contribution in [2.45, 2.75) is 41.6 Å². The van der Waals surface area contributed by atoms with Gasteiger partial charge in [0.05, 0.1) is 16.3 Å². The maximum Gasteiger partial charge on any atom is 0.268 e. The molecular formula is C24H24N4O3S2. The van der Waals surface area contributed by atoms with Gasteiger partial charge in [0.15, 0.2) is 5.16 Å². The molecule has 1 unspecified atom stereocenters. The summed E-state index contributed by atoms with van der Waals surface area (Å²) < 4.78 is 1.69. The fourth-order valence-electron chi connectivity index (χ4n) is 3.57. The fraction of sp³-hybridized carbons (Fsp3) is 0.250. The van der Waals surface area contributed by atoms with E-state index in [0.29, 0.717) is 34.6 Å². The molecule has 0 bridgehead atoms. The van der Waals surface area contributed by atoms with Gasteiger partial charge in [-0.3, -0.25) is 19.0 Å². The highest BCUT2D eigenvalue weighted by Gasteiger charge is 2.26. The van der Waals surface area contributed by atoms with Crippen LogP contribution in [0, 0.1) is 0 Å². The Balaban J connectivity index is 1.49. The van der Waals surface area contributed by atoms with Crippen molar-refractivity contribution in [3.05, 3.63) is 81.8 Å². The number of carbonyl (C=O) groups excluding carboxylic acids is 2. The summed E-state index contributed by atoms with van der Waals surface area (Å²) in [5, 5.41) is 3.67. The minimum Gasteiger partial charge on any atom is -0.366 e. The molecule has 33 heavy (non-hydrogen) atoms. The van der Waals surface area contributed by atoms with Crippen molar-refractivity contribution in [3.63, 3.8) is 0 Å². The summed E-state index contributed by atoms with van der Waals surface area (Å²) in [6.07, 6.45) is 1.45. The number of amides is 2. The van der Waals surface area contributed by atoms with Gasteiger partial charge in [0.25, 0.3) is 5.56 Å². The number of benzene rings is 2. The van der Waals surface area contributed by atoms with Crippen LogP contribution in [0.1, 0.15) is 28.5 Å². The Labute approximate surface area is 200 Å². The average Bonchev–Trinajstić information content (AvgIpc) is 3.19. The van der Waals surface area contributed by atoms with Gasteiger partial charge in [-0.15, -0.1) is 11.8 Å². The van der Waals surface area contributed by atoms with Gasteiger partial charge < -0.3 is 11.1 Å². The largest absolute Gasteiger partial charge is 0.366 e. The number of hydrogen-bond acceptors (Lipinski definition) is 6. The molecule has 4 rings (SSSR count). The quantitative estimate of drug-likeness (QED) is 0.378. The normalized spacial score (nSPS) is 14.6. The number of carbonyl (C=O) groups is 2. The molecule has 3 N–H and O–H groups in total. The topological polar surface area (TPSA) is 107 Å². The van der Waals surface area contributed by atoms with Crippen molar-refractivity contribution >= 4 is 41.0 Å². The lowest BCUT2D eigenvalue weighted by Gasteiger charge is -2.14. The van der Waals surface area contributed by atoms with Crippen LogP contribution in [0.25, 0.3) is 0 Å². The van der Waals surface area contributed by atoms with Crippen molar-refractivity contribution in [3.8, 4) is 0 Å². The fourth-order valence-corrected chi connectivity index (χ4v) is 5.53. The first kappa shape index (κ1) is 23.1. The Morgan fingerprint density at radius 2 is 1.91 bits per heavy atom. The van der Waals surface area contributed by atoms with E-state index in [1.165, 1.54) is 11.8 Å². The van der Waals surface area contributed by atoms with E-state index >= 15 is 0 Å². The molecule has 0 saturated heterocycles. The predicted octanol–water partition coefficient (Wildman–Crippen LogP) is 3.35. The van der Waals surface area contributed by atoms with Gasteiger partial charge in [-0.1, -0.05) is 49.0 Å². The number of nitrogens with two attached hydrogens (primary N) is 1. The highest BCUT2D eigenvalue weighted by Crippen LogP contribution is 2.34. The summed E-state index contributed by atoms with van der Waals surface area (Å²) in [5.41, 5.74) is 8.11. The summed E-state index contributed by atoms with van der Waals surface area (Å²) in [5.74, 6) is -0.636. The number of aromatic nitrogens is 2. The van der Waals surface area contributed by atoms with Gasteiger partial charge in [0.2, 0.25) is 11.8 Å². The molecule has 2 amide bonds. The van der Waals surface area contributed by atoms with Crippen LogP contribution in [0.3, 0.4) is 0 Å². The Bertz CT molecular complexity index is 1230. The van der Waals surface area contributed by atoms with E-state index in [1.54, 1.807) is 40.6 Å². The Morgan fingerprint density at radius 3 is 2.61 bits per heavy atom. The number of hydrogen-bond donors (Lipinski definition) is 2. The molecular weight excluding hydrogens is 456 g/mol.